The molecule has 0 saturated heterocycles. The molecule has 0 radical (unpaired) electrons. The Balaban J connectivity index is 1.71. The predicted molar refractivity (Wildman–Crippen MR) is 123 cm³/mol. The lowest BCUT2D eigenvalue weighted by Gasteiger charge is -2.11. The van der Waals surface area contributed by atoms with Crippen LogP contribution in [0.3, 0.4) is 0 Å². The Morgan fingerprint density at radius 3 is 2.52 bits per heavy atom. The molecule has 0 N–H and O–H groups in total. The number of halogens is 1. The van der Waals surface area contributed by atoms with Crippen LogP contribution < -0.4 is 10.3 Å². The van der Waals surface area contributed by atoms with Crippen LogP contribution in [0.1, 0.15) is 0 Å². The van der Waals surface area contributed by atoms with Gasteiger partial charge in [0.25, 0.3) is 11.4 Å². The van der Waals surface area contributed by atoms with E-state index in [2.05, 4.69) is 26.1 Å². The number of aromatic nitrogens is 3. The summed E-state index contributed by atoms with van der Waals surface area (Å²) >= 11 is 3.43. The second-order valence-corrected chi connectivity index (χ2v) is 7.81. The van der Waals surface area contributed by atoms with E-state index in [0.717, 1.165) is 15.4 Å². The van der Waals surface area contributed by atoms with Crippen LogP contribution in [0.25, 0.3) is 39.3 Å². The third-order valence-corrected chi connectivity index (χ3v) is 5.54. The number of nitrogens with zero attached hydrogens (tertiary/aromatic N) is 3. The molecular weight excluding hydrogens is 458 g/mol. The molecule has 5 aromatic rings. The van der Waals surface area contributed by atoms with Gasteiger partial charge in [0.15, 0.2) is 0 Å². The molecule has 0 bridgehead atoms. The Morgan fingerprint density at radius 2 is 1.74 bits per heavy atom. The fourth-order valence-electron chi connectivity index (χ4n) is 3.46. The van der Waals surface area contributed by atoms with Gasteiger partial charge in [-0.2, -0.15) is 4.98 Å². The van der Waals surface area contributed by atoms with Crippen molar-refractivity contribution in [1.82, 2.24) is 14.7 Å². The summed E-state index contributed by atoms with van der Waals surface area (Å²) in [6, 6.07) is 22.4. The second-order valence-electron chi connectivity index (χ2n) is 6.90. The van der Waals surface area contributed by atoms with Crippen LogP contribution in [0, 0.1) is 0 Å². The fraction of sp³-hybridized carbons (Fsp3) is 0.0417. The first-order valence-corrected chi connectivity index (χ1v) is 10.3. The highest BCUT2D eigenvalue weighted by Gasteiger charge is 2.17. The number of methoxy groups -OCH3 is 1. The van der Waals surface area contributed by atoms with E-state index in [4.69, 9.17) is 9.26 Å². The smallest absolute Gasteiger partial charge is 0.262 e. The molecule has 0 aliphatic heterocycles. The van der Waals surface area contributed by atoms with Crippen molar-refractivity contribution in [1.29, 1.82) is 0 Å². The SMILES string of the molecule is COc1cccc(-n2cc(-c3nc(-c4ccc(Br)cc4)no3)c3ccccc3c2=O)c1. The van der Waals surface area contributed by atoms with E-state index in [0.29, 0.717) is 34.1 Å². The van der Waals surface area contributed by atoms with Crippen molar-refractivity contribution in [3.8, 4) is 34.3 Å². The van der Waals surface area contributed by atoms with E-state index in [-0.39, 0.29) is 5.56 Å². The Kier molecular flexibility index (Phi) is 4.88. The lowest BCUT2D eigenvalue weighted by molar-refractivity contribution is 0.414. The molecule has 3 aromatic carbocycles. The maximum atomic E-state index is 13.2. The summed E-state index contributed by atoms with van der Waals surface area (Å²) in [6.07, 6.45) is 1.73. The second kappa shape index (κ2) is 7.85. The molecule has 0 amide bonds. The number of pyridine rings is 1. The summed E-state index contributed by atoms with van der Waals surface area (Å²) in [7, 11) is 1.59. The summed E-state index contributed by atoms with van der Waals surface area (Å²) in [5.41, 5.74) is 2.06. The van der Waals surface area contributed by atoms with E-state index in [9.17, 15) is 4.79 Å². The van der Waals surface area contributed by atoms with Crippen molar-refractivity contribution in [3.05, 3.63) is 93.8 Å². The van der Waals surface area contributed by atoms with Gasteiger partial charge in [-0.1, -0.05) is 45.4 Å². The normalized spacial score (nSPS) is 11.0. The lowest BCUT2D eigenvalue weighted by Crippen LogP contribution is -2.18. The molecule has 0 saturated carbocycles. The van der Waals surface area contributed by atoms with Crippen LogP contribution >= 0.6 is 15.9 Å². The molecule has 152 valence electrons. The fourth-order valence-corrected chi connectivity index (χ4v) is 3.73. The average molecular weight is 474 g/mol. The predicted octanol–water partition coefficient (Wildman–Crippen LogP) is 5.48. The number of hydrogen-bond donors (Lipinski definition) is 0. The molecule has 0 fully saturated rings. The number of rotatable bonds is 4. The topological polar surface area (TPSA) is 70.2 Å². The highest BCUT2D eigenvalue weighted by Crippen LogP contribution is 2.29. The van der Waals surface area contributed by atoms with Gasteiger partial charge in [0.1, 0.15) is 5.75 Å². The zero-order chi connectivity index (χ0) is 21.4. The molecule has 7 heteroatoms. The molecule has 0 unspecified atom stereocenters. The molecule has 0 aliphatic rings. The van der Waals surface area contributed by atoms with E-state index >= 15 is 0 Å². The highest BCUT2D eigenvalue weighted by atomic mass is 79.9. The summed E-state index contributed by atoms with van der Waals surface area (Å²) in [6.45, 7) is 0. The van der Waals surface area contributed by atoms with Crippen molar-refractivity contribution in [3.63, 3.8) is 0 Å². The van der Waals surface area contributed by atoms with E-state index < -0.39 is 0 Å². The van der Waals surface area contributed by atoms with Crippen molar-refractivity contribution in [2.45, 2.75) is 0 Å². The summed E-state index contributed by atoms with van der Waals surface area (Å²) < 4.78 is 13.5. The molecule has 5 rings (SSSR count). The molecule has 2 aromatic heterocycles. The Morgan fingerprint density at radius 1 is 0.968 bits per heavy atom. The van der Waals surface area contributed by atoms with Crippen molar-refractivity contribution in [2.75, 3.05) is 7.11 Å². The van der Waals surface area contributed by atoms with Gasteiger partial charge in [0.2, 0.25) is 5.82 Å². The van der Waals surface area contributed by atoms with Gasteiger partial charge >= 0.3 is 0 Å². The molecular formula is C24H16BrN3O3. The highest BCUT2D eigenvalue weighted by molar-refractivity contribution is 9.10. The first kappa shape index (κ1) is 19.3. The van der Waals surface area contributed by atoms with Gasteiger partial charge in [-0.25, -0.2) is 0 Å². The first-order valence-electron chi connectivity index (χ1n) is 9.53. The van der Waals surface area contributed by atoms with Crippen molar-refractivity contribution in [2.24, 2.45) is 0 Å². The van der Waals surface area contributed by atoms with Crippen LogP contribution in [-0.4, -0.2) is 21.8 Å². The Hall–Kier alpha value is -3.71. The number of ether oxygens (including phenoxy) is 1. The quantitative estimate of drug-likeness (QED) is 0.345. The molecule has 0 atom stereocenters. The van der Waals surface area contributed by atoms with Crippen LogP contribution in [0.15, 0.2) is 92.8 Å². The zero-order valence-corrected chi connectivity index (χ0v) is 18.0. The van der Waals surface area contributed by atoms with E-state index in [1.165, 1.54) is 0 Å². The zero-order valence-electron chi connectivity index (χ0n) is 16.4. The van der Waals surface area contributed by atoms with Gasteiger partial charge in [-0.3, -0.25) is 9.36 Å². The van der Waals surface area contributed by atoms with Crippen molar-refractivity contribution >= 4 is 26.7 Å². The van der Waals surface area contributed by atoms with Crippen LogP contribution in [0.2, 0.25) is 0 Å². The van der Waals surface area contributed by atoms with E-state index in [1.807, 2.05) is 60.7 Å². The number of benzene rings is 3. The van der Waals surface area contributed by atoms with E-state index in [1.54, 1.807) is 30.0 Å². The van der Waals surface area contributed by atoms with Crippen LogP contribution in [-0.2, 0) is 0 Å². The summed E-state index contributed by atoms with van der Waals surface area (Å²) in [5, 5.41) is 5.45. The Labute approximate surface area is 185 Å². The summed E-state index contributed by atoms with van der Waals surface area (Å²) in [5.74, 6) is 1.48. The number of hydrogen-bond acceptors (Lipinski definition) is 5. The van der Waals surface area contributed by atoms with Crippen LogP contribution in [0.4, 0.5) is 0 Å². The molecule has 6 nitrogen and oxygen atoms in total. The monoisotopic (exact) mass is 473 g/mol. The maximum absolute atomic E-state index is 13.2. The average Bonchev–Trinajstić information content (AvgIpc) is 3.30. The minimum Gasteiger partial charge on any atom is -0.497 e. The minimum atomic E-state index is -0.139. The standard InChI is InChI=1S/C24H16BrN3O3/c1-30-18-6-4-5-17(13-18)28-14-21(19-7-2-3-8-20(19)24(28)29)23-26-22(27-31-23)15-9-11-16(25)12-10-15/h2-14H,1H3. The summed E-state index contributed by atoms with van der Waals surface area (Å²) in [4.78, 5) is 17.8. The first-order chi connectivity index (χ1) is 15.1. The van der Waals surface area contributed by atoms with Crippen LogP contribution in [0.5, 0.6) is 5.75 Å². The van der Waals surface area contributed by atoms with Gasteiger partial charge in [0.05, 0.1) is 18.4 Å². The Bertz CT molecular complexity index is 1460. The van der Waals surface area contributed by atoms with Gasteiger partial charge in [0, 0.05) is 33.1 Å². The third-order valence-electron chi connectivity index (χ3n) is 5.01. The third kappa shape index (κ3) is 3.53. The van der Waals surface area contributed by atoms with Gasteiger partial charge < -0.3 is 9.26 Å². The lowest BCUT2D eigenvalue weighted by atomic mass is 10.1. The maximum Gasteiger partial charge on any atom is 0.262 e. The molecule has 2 heterocycles. The number of fused-ring (bicyclic) bond motifs is 1. The molecule has 0 spiro atoms. The van der Waals surface area contributed by atoms with Gasteiger partial charge in [-0.15, -0.1) is 0 Å². The minimum absolute atomic E-state index is 0.139. The van der Waals surface area contributed by atoms with Crippen molar-refractivity contribution < 1.29 is 9.26 Å². The van der Waals surface area contributed by atoms with Gasteiger partial charge in [-0.05, 0) is 42.5 Å². The molecule has 0 aliphatic carbocycles. The largest absolute Gasteiger partial charge is 0.497 e. The molecule has 31 heavy (non-hydrogen) atoms.